The first kappa shape index (κ1) is 21.5. The van der Waals surface area contributed by atoms with Crippen LogP contribution in [0.4, 0.5) is 11.4 Å². The highest BCUT2D eigenvalue weighted by Gasteiger charge is 2.16. The molecule has 1 atom stereocenters. The van der Waals surface area contributed by atoms with Crippen molar-refractivity contribution in [2.45, 2.75) is 39.7 Å². The zero-order valence-corrected chi connectivity index (χ0v) is 17.6. The summed E-state index contributed by atoms with van der Waals surface area (Å²) in [5.41, 5.74) is 4.21. The summed E-state index contributed by atoms with van der Waals surface area (Å²) < 4.78 is 5.64. The molecule has 3 N–H and O–H groups in total. The quantitative estimate of drug-likeness (QED) is 0.520. The highest BCUT2D eigenvalue weighted by atomic mass is 16.5. The lowest BCUT2D eigenvalue weighted by molar-refractivity contribution is -0.114. The summed E-state index contributed by atoms with van der Waals surface area (Å²) in [5, 5.41) is 8.78. The lowest BCUT2D eigenvalue weighted by atomic mass is 10.1. The number of anilines is 2. The lowest BCUT2D eigenvalue weighted by Gasteiger charge is -2.14. The van der Waals surface area contributed by atoms with E-state index in [9.17, 15) is 9.59 Å². The van der Waals surface area contributed by atoms with Gasteiger partial charge in [-0.15, -0.1) is 0 Å². The Bertz CT molecular complexity index is 912. The number of carbonyl (C=O) groups is 2. The van der Waals surface area contributed by atoms with E-state index in [-0.39, 0.29) is 17.9 Å². The molecule has 1 aliphatic heterocycles. The number of aryl methyl sites for hydroxylation is 2. The van der Waals surface area contributed by atoms with Crippen LogP contribution in [0.1, 0.15) is 41.3 Å². The van der Waals surface area contributed by atoms with Crippen molar-refractivity contribution in [3.05, 3.63) is 59.2 Å². The van der Waals surface area contributed by atoms with Crippen molar-refractivity contribution in [3.63, 3.8) is 0 Å². The number of benzene rings is 2. The summed E-state index contributed by atoms with van der Waals surface area (Å²) in [7, 11) is 0. The van der Waals surface area contributed by atoms with Crippen molar-refractivity contribution in [3.8, 4) is 0 Å². The normalized spacial score (nSPS) is 16.2. The monoisotopic (exact) mass is 408 g/mol. The van der Waals surface area contributed by atoms with E-state index in [0.717, 1.165) is 36.3 Å². The predicted molar refractivity (Wildman–Crippen MR) is 119 cm³/mol. The summed E-state index contributed by atoms with van der Waals surface area (Å²) in [4.78, 5) is 28.5. The van der Waals surface area contributed by atoms with Gasteiger partial charge in [0.1, 0.15) is 0 Å². The molecule has 158 valence electrons. The molecule has 0 unspecified atom stereocenters. The molecule has 2 aromatic rings. The second kappa shape index (κ2) is 10.0. The summed E-state index contributed by atoms with van der Waals surface area (Å²) in [6.07, 6.45) is 2.08. The van der Waals surface area contributed by atoms with Gasteiger partial charge in [0.05, 0.1) is 12.6 Å². The third kappa shape index (κ3) is 6.42. The second-order valence-corrected chi connectivity index (χ2v) is 7.54. The van der Waals surface area contributed by atoms with E-state index in [1.165, 1.54) is 6.92 Å². The van der Waals surface area contributed by atoms with E-state index < -0.39 is 0 Å². The van der Waals surface area contributed by atoms with Gasteiger partial charge in [-0.3, -0.25) is 14.9 Å². The SMILES string of the molecule is CC(=O)Nc1ccc(C(=O)NC(=NC[C@H]2CCCO2)Nc2cc(C)cc(C)c2)cc1. The number of nitrogens with zero attached hydrogens (tertiary/aromatic N) is 1. The minimum atomic E-state index is -0.285. The summed E-state index contributed by atoms with van der Waals surface area (Å²) in [6, 6.07) is 12.8. The van der Waals surface area contributed by atoms with Gasteiger partial charge >= 0.3 is 0 Å². The Morgan fingerprint density at radius 2 is 1.73 bits per heavy atom. The summed E-state index contributed by atoms with van der Waals surface area (Å²) in [6.45, 7) is 6.73. The van der Waals surface area contributed by atoms with E-state index in [1.54, 1.807) is 24.3 Å². The average Bonchev–Trinajstić information content (AvgIpc) is 3.19. The van der Waals surface area contributed by atoms with Crippen LogP contribution in [0.25, 0.3) is 0 Å². The number of hydrogen-bond acceptors (Lipinski definition) is 4. The van der Waals surface area contributed by atoms with E-state index in [0.29, 0.717) is 23.8 Å². The van der Waals surface area contributed by atoms with Crippen LogP contribution >= 0.6 is 0 Å². The fraction of sp³-hybridized carbons (Fsp3) is 0.348. The van der Waals surface area contributed by atoms with E-state index in [2.05, 4.69) is 27.0 Å². The van der Waals surface area contributed by atoms with Crippen LogP contribution in [-0.4, -0.2) is 37.0 Å². The van der Waals surface area contributed by atoms with Gasteiger partial charge in [-0.2, -0.15) is 0 Å². The zero-order chi connectivity index (χ0) is 21.5. The van der Waals surface area contributed by atoms with Gasteiger partial charge in [0.15, 0.2) is 0 Å². The van der Waals surface area contributed by atoms with Crippen LogP contribution in [0, 0.1) is 13.8 Å². The first-order valence-corrected chi connectivity index (χ1v) is 10.1. The predicted octanol–water partition coefficient (Wildman–Crippen LogP) is 3.64. The molecule has 0 bridgehead atoms. The Balaban J connectivity index is 1.74. The Labute approximate surface area is 176 Å². The number of amides is 2. The van der Waals surface area contributed by atoms with Crippen LogP contribution in [-0.2, 0) is 9.53 Å². The Morgan fingerprint density at radius 3 is 2.33 bits per heavy atom. The smallest absolute Gasteiger partial charge is 0.257 e. The Morgan fingerprint density at radius 1 is 1.03 bits per heavy atom. The number of hydrogen-bond donors (Lipinski definition) is 3. The van der Waals surface area contributed by atoms with Gasteiger partial charge in [-0.1, -0.05) is 6.07 Å². The van der Waals surface area contributed by atoms with Crippen molar-refractivity contribution in [1.29, 1.82) is 0 Å². The Kier molecular flexibility index (Phi) is 7.19. The number of guanidine groups is 1. The first-order valence-electron chi connectivity index (χ1n) is 10.1. The van der Waals surface area contributed by atoms with Crippen LogP contribution in [0.2, 0.25) is 0 Å². The number of ether oxygens (including phenoxy) is 1. The molecule has 2 aromatic carbocycles. The van der Waals surface area contributed by atoms with E-state index in [4.69, 9.17) is 4.74 Å². The maximum Gasteiger partial charge on any atom is 0.257 e. The average molecular weight is 409 g/mol. The third-order valence-corrected chi connectivity index (χ3v) is 4.66. The van der Waals surface area contributed by atoms with Crippen molar-refractivity contribution in [2.24, 2.45) is 4.99 Å². The fourth-order valence-electron chi connectivity index (χ4n) is 3.36. The van der Waals surface area contributed by atoms with Gasteiger partial charge in [0, 0.05) is 30.5 Å². The summed E-state index contributed by atoms with van der Waals surface area (Å²) >= 11 is 0. The minimum absolute atomic E-state index is 0.0786. The highest BCUT2D eigenvalue weighted by Crippen LogP contribution is 2.15. The van der Waals surface area contributed by atoms with Gasteiger partial charge in [0.25, 0.3) is 5.91 Å². The molecule has 1 heterocycles. The molecule has 0 spiro atoms. The van der Waals surface area contributed by atoms with Crippen molar-refractivity contribution < 1.29 is 14.3 Å². The highest BCUT2D eigenvalue weighted by molar-refractivity contribution is 6.10. The number of aliphatic imine (C=N–C) groups is 1. The molecule has 1 saturated heterocycles. The topological polar surface area (TPSA) is 91.8 Å². The van der Waals surface area contributed by atoms with Gasteiger partial charge in [-0.05, 0) is 74.2 Å². The molecule has 0 aromatic heterocycles. The van der Waals surface area contributed by atoms with Crippen LogP contribution in [0.15, 0.2) is 47.5 Å². The molecular weight excluding hydrogens is 380 g/mol. The molecule has 7 heteroatoms. The van der Waals surface area contributed by atoms with Crippen molar-refractivity contribution >= 4 is 29.1 Å². The number of rotatable bonds is 5. The molecule has 1 aliphatic rings. The maximum atomic E-state index is 12.8. The molecule has 0 radical (unpaired) electrons. The van der Waals surface area contributed by atoms with E-state index >= 15 is 0 Å². The number of nitrogens with one attached hydrogen (secondary N) is 3. The van der Waals surface area contributed by atoms with Crippen LogP contribution in [0.3, 0.4) is 0 Å². The molecule has 2 amide bonds. The third-order valence-electron chi connectivity index (χ3n) is 4.66. The van der Waals surface area contributed by atoms with Gasteiger partial charge in [-0.25, -0.2) is 4.99 Å². The minimum Gasteiger partial charge on any atom is -0.376 e. The molecule has 0 saturated carbocycles. The molecular formula is C23H28N4O3. The van der Waals surface area contributed by atoms with Crippen molar-refractivity contribution in [2.75, 3.05) is 23.8 Å². The fourth-order valence-corrected chi connectivity index (χ4v) is 3.36. The zero-order valence-electron chi connectivity index (χ0n) is 17.6. The molecule has 0 aliphatic carbocycles. The molecule has 7 nitrogen and oxygen atoms in total. The Hall–Kier alpha value is -3.19. The van der Waals surface area contributed by atoms with Crippen LogP contribution in [0.5, 0.6) is 0 Å². The standard InChI is InChI=1S/C23H28N4O3/c1-15-11-16(2)13-20(12-15)26-23(24-14-21-5-4-10-30-21)27-22(29)18-6-8-19(9-7-18)25-17(3)28/h6-9,11-13,21H,4-5,10,14H2,1-3H3,(H,25,28)(H2,24,26,27,29)/t21-/m1/s1. The molecule has 3 rings (SSSR count). The van der Waals surface area contributed by atoms with Crippen molar-refractivity contribution in [1.82, 2.24) is 5.32 Å². The first-order chi connectivity index (χ1) is 14.4. The number of carbonyl (C=O) groups excluding carboxylic acids is 2. The summed E-state index contributed by atoms with van der Waals surface area (Å²) in [5.74, 6) is -0.0628. The second-order valence-electron chi connectivity index (χ2n) is 7.54. The lowest BCUT2D eigenvalue weighted by Crippen LogP contribution is -2.36. The van der Waals surface area contributed by atoms with Gasteiger partial charge < -0.3 is 15.4 Å². The van der Waals surface area contributed by atoms with E-state index in [1.807, 2.05) is 26.0 Å². The van der Waals surface area contributed by atoms with Gasteiger partial charge in [0.2, 0.25) is 11.9 Å². The van der Waals surface area contributed by atoms with Crippen LogP contribution < -0.4 is 16.0 Å². The largest absolute Gasteiger partial charge is 0.376 e. The maximum absolute atomic E-state index is 12.8. The molecule has 1 fully saturated rings. The molecule has 30 heavy (non-hydrogen) atoms.